The van der Waals surface area contributed by atoms with Crippen LogP contribution in [0.5, 0.6) is 5.88 Å². The minimum Gasteiger partial charge on any atom is -0.471 e. The molecule has 1 spiro atoms. The number of aliphatic hydroxyl groups excluding tert-OH is 1. The summed E-state index contributed by atoms with van der Waals surface area (Å²) in [6.07, 6.45) is 7.70. The van der Waals surface area contributed by atoms with Crippen molar-refractivity contribution in [1.29, 1.82) is 0 Å². The number of thiazole rings is 1. The lowest BCUT2D eigenvalue weighted by atomic mass is 9.73. The van der Waals surface area contributed by atoms with Crippen molar-refractivity contribution in [3.8, 4) is 16.5 Å². The smallest absolute Gasteiger partial charge is 0.249 e. The molecule has 0 radical (unpaired) electrons. The maximum Gasteiger partial charge on any atom is 0.249 e. The summed E-state index contributed by atoms with van der Waals surface area (Å²) in [5, 5.41) is 21.2. The van der Waals surface area contributed by atoms with E-state index in [9.17, 15) is 9.90 Å². The standard InChI is InChI=1S/C34H46N4O4S/c1-6-41-22(2)30(40)38-27(17-23-9-7-10-25(15-23)32-35-13-14-43-32)29(39)21-36-28-19-34(11-8-12-34)42-31-26(28)16-24(20-37-31)18-33(3,4)5/h7,9-10,13-16,20,22,27-29,36,39H,6,8,11-12,17-19,21H2,1-5H3,(H,38,40)/t22-,27-,28-,29+/m0/s1. The van der Waals surface area contributed by atoms with Crippen LogP contribution in [-0.4, -0.2) is 58.0 Å². The van der Waals surface area contributed by atoms with Gasteiger partial charge in [0.25, 0.3) is 0 Å². The van der Waals surface area contributed by atoms with E-state index in [1.807, 2.05) is 36.7 Å². The maximum absolute atomic E-state index is 13.0. The Morgan fingerprint density at radius 2 is 2.05 bits per heavy atom. The third-order valence-corrected chi connectivity index (χ3v) is 9.23. The Morgan fingerprint density at radius 1 is 1.23 bits per heavy atom. The van der Waals surface area contributed by atoms with E-state index in [1.165, 1.54) is 5.56 Å². The number of nitrogens with one attached hydrogen (secondary N) is 2. The third-order valence-electron chi connectivity index (χ3n) is 8.41. The highest BCUT2D eigenvalue weighted by molar-refractivity contribution is 7.13. The van der Waals surface area contributed by atoms with E-state index in [-0.39, 0.29) is 23.0 Å². The van der Waals surface area contributed by atoms with Crippen LogP contribution in [0.1, 0.15) is 83.0 Å². The number of hydrogen-bond donors (Lipinski definition) is 3. The van der Waals surface area contributed by atoms with Crippen molar-refractivity contribution in [1.82, 2.24) is 20.6 Å². The predicted molar refractivity (Wildman–Crippen MR) is 170 cm³/mol. The maximum atomic E-state index is 13.0. The van der Waals surface area contributed by atoms with E-state index in [1.54, 1.807) is 24.5 Å². The second-order valence-corrected chi connectivity index (χ2v) is 14.2. The number of pyridine rings is 1. The fourth-order valence-electron chi connectivity index (χ4n) is 6.11. The van der Waals surface area contributed by atoms with Crippen LogP contribution in [0.25, 0.3) is 10.6 Å². The molecule has 1 aliphatic carbocycles. The molecule has 5 rings (SSSR count). The lowest BCUT2D eigenvalue weighted by Crippen LogP contribution is -2.53. The topological polar surface area (TPSA) is 106 Å². The van der Waals surface area contributed by atoms with Gasteiger partial charge in [-0.25, -0.2) is 9.97 Å². The second kappa shape index (κ2) is 13.4. The first-order chi connectivity index (χ1) is 20.5. The number of hydrogen-bond acceptors (Lipinski definition) is 8. The number of aromatic nitrogens is 2. The molecule has 4 atom stereocenters. The minimum absolute atomic E-state index is 0.00181. The first-order valence-electron chi connectivity index (χ1n) is 15.5. The van der Waals surface area contributed by atoms with Gasteiger partial charge in [-0.2, -0.15) is 0 Å². The molecule has 1 amide bonds. The molecule has 0 unspecified atom stereocenters. The molecule has 0 bridgehead atoms. The van der Waals surface area contributed by atoms with E-state index >= 15 is 0 Å². The van der Waals surface area contributed by atoms with Crippen LogP contribution in [0, 0.1) is 5.41 Å². The highest BCUT2D eigenvalue weighted by Crippen LogP contribution is 2.48. The number of fused-ring (bicyclic) bond motifs is 1. The lowest BCUT2D eigenvalue weighted by molar-refractivity contribution is -0.133. The molecule has 8 nitrogen and oxygen atoms in total. The molecular formula is C34H46N4O4S. The van der Waals surface area contributed by atoms with Crippen LogP contribution in [0.2, 0.25) is 0 Å². The summed E-state index contributed by atoms with van der Waals surface area (Å²) in [6.45, 7) is 11.0. The summed E-state index contributed by atoms with van der Waals surface area (Å²) in [4.78, 5) is 22.2. The Balaban J connectivity index is 1.34. The zero-order valence-corrected chi connectivity index (χ0v) is 26.9. The van der Waals surface area contributed by atoms with Gasteiger partial charge >= 0.3 is 0 Å². The molecular weight excluding hydrogens is 560 g/mol. The zero-order chi connectivity index (χ0) is 30.6. The number of amides is 1. The second-order valence-electron chi connectivity index (χ2n) is 13.3. The van der Waals surface area contributed by atoms with Gasteiger partial charge in [0.1, 0.15) is 16.7 Å². The van der Waals surface area contributed by atoms with Crippen molar-refractivity contribution in [2.45, 2.75) is 103 Å². The Hall–Kier alpha value is -2.85. The molecule has 0 saturated heterocycles. The van der Waals surface area contributed by atoms with Gasteiger partial charge in [-0.3, -0.25) is 4.79 Å². The zero-order valence-electron chi connectivity index (χ0n) is 26.1. The molecule has 1 aliphatic heterocycles. The quantitative estimate of drug-likeness (QED) is 0.245. The molecule has 2 aliphatic rings. The van der Waals surface area contributed by atoms with Gasteiger partial charge in [0.05, 0.1) is 12.1 Å². The van der Waals surface area contributed by atoms with Gasteiger partial charge in [-0.15, -0.1) is 11.3 Å². The van der Waals surface area contributed by atoms with Crippen LogP contribution in [0.3, 0.4) is 0 Å². The van der Waals surface area contributed by atoms with Crippen molar-refractivity contribution < 1.29 is 19.4 Å². The molecule has 2 aromatic heterocycles. The Labute approximate surface area is 259 Å². The summed E-state index contributed by atoms with van der Waals surface area (Å²) in [5.74, 6) is 0.466. The fourth-order valence-corrected chi connectivity index (χ4v) is 6.75. The van der Waals surface area contributed by atoms with Gasteiger partial charge in [0, 0.05) is 54.5 Å². The normalized spacial score (nSPS) is 19.5. The number of carbonyl (C=O) groups excluding carboxylic acids is 1. The molecule has 1 saturated carbocycles. The van der Waals surface area contributed by atoms with Gasteiger partial charge in [-0.05, 0) is 74.6 Å². The summed E-state index contributed by atoms with van der Waals surface area (Å²) < 4.78 is 12.0. The molecule has 1 aromatic carbocycles. The van der Waals surface area contributed by atoms with Gasteiger partial charge < -0.3 is 25.2 Å². The monoisotopic (exact) mass is 606 g/mol. The van der Waals surface area contributed by atoms with E-state index < -0.39 is 18.2 Å². The average Bonchev–Trinajstić information content (AvgIpc) is 3.49. The fraction of sp³-hybridized carbons (Fsp3) is 0.559. The minimum atomic E-state index is -0.837. The lowest BCUT2D eigenvalue weighted by Gasteiger charge is -2.47. The summed E-state index contributed by atoms with van der Waals surface area (Å²) in [5.41, 5.74) is 4.22. The van der Waals surface area contributed by atoms with Crippen molar-refractivity contribution in [2.24, 2.45) is 5.41 Å². The van der Waals surface area contributed by atoms with Crippen LogP contribution in [0.15, 0.2) is 48.1 Å². The van der Waals surface area contributed by atoms with Crippen molar-refractivity contribution in [2.75, 3.05) is 13.2 Å². The Bertz CT molecular complexity index is 1370. The SMILES string of the molecule is CCO[C@@H](C)C(=O)N[C@@H](Cc1cccc(-c2nccs2)c1)[C@H](O)CN[C@H]1CC2(CCC2)Oc2ncc(CC(C)(C)C)cc21. The third kappa shape index (κ3) is 8.01. The van der Waals surface area contributed by atoms with Gasteiger partial charge in [0.2, 0.25) is 11.8 Å². The van der Waals surface area contributed by atoms with Gasteiger partial charge in [-0.1, -0.05) is 39.0 Å². The predicted octanol–water partition coefficient (Wildman–Crippen LogP) is 5.64. The molecule has 1 fully saturated rings. The molecule has 3 heterocycles. The number of rotatable bonds is 12. The van der Waals surface area contributed by atoms with Crippen LogP contribution in [0.4, 0.5) is 0 Å². The number of carbonyl (C=O) groups is 1. The average molecular weight is 607 g/mol. The Morgan fingerprint density at radius 3 is 2.72 bits per heavy atom. The van der Waals surface area contributed by atoms with Crippen LogP contribution >= 0.6 is 11.3 Å². The van der Waals surface area contributed by atoms with Crippen molar-refractivity contribution >= 4 is 17.2 Å². The largest absolute Gasteiger partial charge is 0.471 e. The highest BCUT2D eigenvalue weighted by Gasteiger charge is 2.46. The Kier molecular flexibility index (Phi) is 9.86. The first-order valence-corrected chi connectivity index (χ1v) is 16.4. The summed E-state index contributed by atoms with van der Waals surface area (Å²) in [6, 6.07) is 9.84. The van der Waals surface area contributed by atoms with Crippen molar-refractivity contribution in [3.63, 3.8) is 0 Å². The number of nitrogens with zero attached hydrogens (tertiary/aromatic N) is 2. The molecule has 232 valence electrons. The van der Waals surface area contributed by atoms with E-state index in [2.05, 4.69) is 48.5 Å². The number of ether oxygens (including phenoxy) is 2. The van der Waals surface area contributed by atoms with Crippen LogP contribution < -0.4 is 15.4 Å². The number of benzene rings is 1. The number of aliphatic hydroxyl groups is 1. The molecule has 3 N–H and O–H groups in total. The first kappa shape index (κ1) is 31.6. The molecule has 43 heavy (non-hydrogen) atoms. The molecule has 9 heteroatoms. The molecule has 3 aromatic rings. The van der Waals surface area contributed by atoms with E-state index in [0.717, 1.165) is 53.8 Å². The van der Waals surface area contributed by atoms with Gasteiger partial charge in [0.15, 0.2) is 0 Å². The van der Waals surface area contributed by atoms with Crippen molar-refractivity contribution in [3.05, 3.63) is 64.8 Å². The van der Waals surface area contributed by atoms with Crippen LogP contribution in [-0.2, 0) is 22.4 Å². The highest BCUT2D eigenvalue weighted by atomic mass is 32.1. The summed E-state index contributed by atoms with van der Waals surface area (Å²) in [7, 11) is 0. The summed E-state index contributed by atoms with van der Waals surface area (Å²) >= 11 is 1.59. The van der Waals surface area contributed by atoms with E-state index in [4.69, 9.17) is 14.5 Å². The van der Waals surface area contributed by atoms with E-state index in [0.29, 0.717) is 25.5 Å².